The van der Waals surface area contributed by atoms with Crippen molar-refractivity contribution in [3.8, 4) is 11.5 Å². The average Bonchev–Trinajstić information content (AvgIpc) is 3.16. The van der Waals surface area contributed by atoms with Gasteiger partial charge in [0, 0.05) is 12.7 Å². The zero-order chi connectivity index (χ0) is 16.4. The maximum Gasteiger partial charge on any atom is 0.246 e. The van der Waals surface area contributed by atoms with E-state index in [0.29, 0.717) is 17.1 Å². The van der Waals surface area contributed by atoms with E-state index in [1.54, 1.807) is 44.5 Å². The molecule has 8 heteroatoms. The fraction of sp³-hybridized carbons (Fsp3) is 0.200. The molecule has 0 atom stereocenters. The Hall–Kier alpha value is -2.45. The van der Waals surface area contributed by atoms with Gasteiger partial charge >= 0.3 is 0 Å². The molecule has 1 N–H and O–H groups in total. The summed E-state index contributed by atoms with van der Waals surface area (Å²) in [5.41, 5.74) is 1.75. The molecule has 23 heavy (non-hydrogen) atoms. The molecule has 0 fully saturated rings. The van der Waals surface area contributed by atoms with Crippen LogP contribution >= 0.6 is 0 Å². The van der Waals surface area contributed by atoms with Gasteiger partial charge < -0.3 is 8.94 Å². The Balaban J connectivity index is 1.73. The molecular formula is C15H15N3O4S. The summed E-state index contributed by atoms with van der Waals surface area (Å²) in [7, 11) is -3.68. The highest BCUT2D eigenvalue weighted by Crippen LogP contribution is 2.20. The van der Waals surface area contributed by atoms with E-state index in [-0.39, 0.29) is 17.2 Å². The molecule has 0 bridgehead atoms. The highest BCUT2D eigenvalue weighted by molar-refractivity contribution is 7.89. The lowest BCUT2D eigenvalue weighted by atomic mass is 10.2. The van der Waals surface area contributed by atoms with E-state index in [9.17, 15) is 8.42 Å². The Bertz CT molecular complexity index is 877. The molecule has 0 amide bonds. The van der Waals surface area contributed by atoms with Crippen LogP contribution in [0.25, 0.3) is 11.5 Å². The Morgan fingerprint density at radius 2 is 2.04 bits per heavy atom. The number of aromatic nitrogens is 2. The summed E-state index contributed by atoms with van der Waals surface area (Å²) in [5, 5.41) is 3.66. The molecule has 3 heterocycles. The van der Waals surface area contributed by atoms with Gasteiger partial charge in [-0.05, 0) is 37.6 Å². The number of rotatable bonds is 5. The molecule has 3 aromatic rings. The second kappa shape index (κ2) is 5.98. The normalized spacial score (nSPS) is 11.7. The Labute approximate surface area is 133 Å². The van der Waals surface area contributed by atoms with Crippen molar-refractivity contribution in [3.05, 3.63) is 53.7 Å². The zero-order valence-corrected chi connectivity index (χ0v) is 13.4. The number of pyridine rings is 1. The van der Waals surface area contributed by atoms with E-state index >= 15 is 0 Å². The van der Waals surface area contributed by atoms with E-state index in [1.165, 1.54) is 0 Å². The lowest BCUT2D eigenvalue weighted by Crippen LogP contribution is -2.24. The van der Waals surface area contributed by atoms with Gasteiger partial charge in [0.25, 0.3) is 0 Å². The van der Waals surface area contributed by atoms with Crippen LogP contribution in [0, 0.1) is 13.8 Å². The van der Waals surface area contributed by atoms with Crippen molar-refractivity contribution >= 4 is 10.0 Å². The highest BCUT2D eigenvalue weighted by atomic mass is 32.2. The van der Waals surface area contributed by atoms with E-state index in [2.05, 4.69) is 14.9 Å². The molecule has 0 aliphatic heterocycles. The van der Waals surface area contributed by atoms with Crippen molar-refractivity contribution in [1.29, 1.82) is 0 Å². The largest absolute Gasteiger partial charge is 0.463 e. The Morgan fingerprint density at radius 3 is 2.61 bits per heavy atom. The summed E-state index contributed by atoms with van der Waals surface area (Å²) in [6.45, 7) is 3.27. The van der Waals surface area contributed by atoms with Crippen molar-refractivity contribution in [3.63, 3.8) is 0 Å². The first kappa shape index (κ1) is 15.4. The lowest BCUT2D eigenvalue weighted by Gasteiger charge is -2.06. The van der Waals surface area contributed by atoms with Crippen LogP contribution in [-0.2, 0) is 16.6 Å². The fourth-order valence-corrected chi connectivity index (χ4v) is 3.55. The minimum atomic E-state index is -3.68. The van der Waals surface area contributed by atoms with Gasteiger partial charge in [0.1, 0.15) is 16.3 Å². The molecule has 0 radical (unpaired) electrons. The minimum absolute atomic E-state index is 0.0812. The van der Waals surface area contributed by atoms with Crippen molar-refractivity contribution in [2.75, 3.05) is 0 Å². The van der Waals surface area contributed by atoms with Gasteiger partial charge in [0.15, 0.2) is 11.5 Å². The summed E-state index contributed by atoms with van der Waals surface area (Å²) >= 11 is 0. The SMILES string of the molecule is Cc1noc(C)c1S(=O)(=O)NCc1ccc(-c2ccco2)nc1. The number of hydrogen-bond acceptors (Lipinski definition) is 6. The number of hydrogen-bond donors (Lipinski definition) is 1. The third-order valence-electron chi connectivity index (χ3n) is 3.30. The molecule has 120 valence electrons. The monoisotopic (exact) mass is 333 g/mol. The second-order valence-electron chi connectivity index (χ2n) is 5.01. The predicted molar refractivity (Wildman–Crippen MR) is 81.9 cm³/mol. The molecule has 3 aromatic heterocycles. The van der Waals surface area contributed by atoms with Gasteiger partial charge in [-0.15, -0.1) is 0 Å². The summed E-state index contributed by atoms with van der Waals surface area (Å²) in [6.07, 6.45) is 3.18. The molecular weight excluding hydrogens is 318 g/mol. The first-order valence-electron chi connectivity index (χ1n) is 6.89. The standard InChI is InChI=1S/C15H15N3O4S/c1-10-15(11(2)22-18-10)23(19,20)17-9-12-5-6-13(16-8-12)14-4-3-7-21-14/h3-8,17H,9H2,1-2H3. The van der Waals surface area contributed by atoms with Gasteiger partial charge in [-0.25, -0.2) is 13.1 Å². The Morgan fingerprint density at radius 1 is 1.22 bits per heavy atom. The third-order valence-corrected chi connectivity index (χ3v) is 4.95. The van der Waals surface area contributed by atoms with Crippen LogP contribution in [-0.4, -0.2) is 18.6 Å². The van der Waals surface area contributed by atoms with Gasteiger partial charge in [-0.3, -0.25) is 4.98 Å². The van der Waals surface area contributed by atoms with E-state index in [1.807, 2.05) is 6.07 Å². The molecule has 0 aromatic carbocycles. The average molecular weight is 333 g/mol. The predicted octanol–water partition coefficient (Wildman–Crippen LogP) is 2.42. The zero-order valence-electron chi connectivity index (χ0n) is 12.6. The molecule has 0 saturated carbocycles. The third kappa shape index (κ3) is 3.17. The second-order valence-corrected chi connectivity index (χ2v) is 6.71. The van der Waals surface area contributed by atoms with Crippen LogP contribution in [0.4, 0.5) is 0 Å². The summed E-state index contributed by atoms with van der Waals surface area (Å²) in [4.78, 5) is 4.34. The van der Waals surface area contributed by atoms with E-state index in [0.717, 1.165) is 5.56 Å². The number of aryl methyl sites for hydroxylation is 2. The van der Waals surface area contributed by atoms with Gasteiger partial charge in [0.05, 0.1) is 6.26 Å². The van der Waals surface area contributed by atoms with Crippen LogP contribution in [0.15, 0.2) is 50.6 Å². The van der Waals surface area contributed by atoms with E-state index in [4.69, 9.17) is 8.94 Å². The summed E-state index contributed by atoms with van der Waals surface area (Å²) in [6, 6.07) is 7.16. The maximum atomic E-state index is 12.3. The number of nitrogens with zero attached hydrogens (tertiary/aromatic N) is 2. The van der Waals surface area contributed by atoms with Crippen LogP contribution in [0.2, 0.25) is 0 Å². The van der Waals surface area contributed by atoms with Crippen LogP contribution < -0.4 is 4.72 Å². The van der Waals surface area contributed by atoms with Crippen LogP contribution in [0.5, 0.6) is 0 Å². The molecule has 0 aliphatic carbocycles. The van der Waals surface area contributed by atoms with Crippen molar-refractivity contribution < 1.29 is 17.4 Å². The first-order chi connectivity index (χ1) is 11.0. The van der Waals surface area contributed by atoms with Gasteiger partial charge in [-0.2, -0.15) is 0 Å². The van der Waals surface area contributed by atoms with Crippen molar-refractivity contribution in [2.24, 2.45) is 0 Å². The summed E-state index contributed by atoms with van der Waals surface area (Å²) < 4.78 is 37.3. The lowest BCUT2D eigenvalue weighted by molar-refractivity contribution is 0.390. The molecule has 7 nitrogen and oxygen atoms in total. The maximum absolute atomic E-state index is 12.3. The fourth-order valence-electron chi connectivity index (χ4n) is 2.21. The first-order valence-corrected chi connectivity index (χ1v) is 8.37. The van der Waals surface area contributed by atoms with Crippen LogP contribution in [0.1, 0.15) is 17.0 Å². The molecule has 3 rings (SSSR count). The number of sulfonamides is 1. The van der Waals surface area contributed by atoms with Crippen LogP contribution in [0.3, 0.4) is 0 Å². The topological polar surface area (TPSA) is 98.2 Å². The molecule has 0 spiro atoms. The summed E-state index contributed by atoms with van der Waals surface area (Å²) in [5.74, 6) is 0.925. The number of nitrogens with one attached hydrogen (secondary N) is 1. The smallest absolute Gasteiger partial charge is 0.246 e. The highest BCUT2D eigenvalue weighted by Gasteiger charge is 2.23. The molecule has 0 unspecified atom stereocenters. The van der Waals surface area contributed by atoms with Gasteiger partial charge in [-0.1, -0.05) is 11.2 Å². The van der Waals surface area contributed by atoms with Crippen molar-refractivity contribution in [1.82, 2.24) is 14.9 Å². The Kier molecular flexibility index (Phi) is 4.01. The molecule has 0 aliphatic rings. The van der Waals surface area contributed by atoms with Crippen molar-refractivity contribution in [2.45, 2.75) is 25.3 Å². The molecule has 0 saturated heterocycles. The minimum Gasteiger partial charge on any atom is -0.463 e. The quantitative estimate of drug-likeness (QED) is 0.770. The number of furan rings is 1. The van der Waals surface area contributed by atoms with E-state index < -0.39 is 10.0 Å². The van der Waals surface area contributed by atoms with Gasteiger partial charge in [0.2, 0.25) is 10.0 Å².